The second kappa shape index (κ2) is 7.85. The Bertz CT molecular complexity index is 310. The Morgan fingerprint density at radius 1 is 1.25 bits per heavy atom. The van der Waals surface area contributed by atoms with Crippen molar-refractivity contribution in [3.63, 3.8) is 0 Å². The minimum absolute atomic E-state index is 0.613. The molecule has 0 aliphatic heterocycles. The number of hydrogen-bond acceptors (Lipinski definition) is 2. The second-order valence-corrected chi connectivity index (χ2v) is 8.02. The van der Waals surface area contributed by atoms with Gasteiger partial charge in [0.05, 0.1) is 7.57 Å². The van der Waals surface area contributed by atoms with E-state index < -0.39 is 0 Å². The molecule has 0 atom stereocenters. The maximum absolute atomic E-state index is 3.60. The second-order valence-electron chi connectivity index (χ2n) is 4.27. The van der Waals surface area contributed by atoms with Crippen LogP contribution in [0.2, 0.25) is 0 Å². The third-order valence-electron chi connectivity index (χ3n) is 2.40. The Kier molecular flexibility index (Phi) is 7.20. The summed E-state index contributed by atoms with van der Waals surface area (Å²) in [4.78, 5) is 0. The molecule has 0 aromatic carbocycles. The molecule has 0 aliphatic rings. The van der Waals surface area contributed by atoms with Crippen molar-refractivity contribution in [2.24, 2.45) is 0 Å². The van der Waals surface area contributed by atoms with Crippen molar-refractivity contribution in [1.82, 2.24) is 5.32 Å². The van der Waals surface area contributed by atoms with Crippen LogP contribution < -0.4 is 5.32 Å². The Balaban J connectivity index is 2.09. The van der Waals surface area contributed by atoms with Crippen LogP contribution in [-0.4, -0.2) is 12.6 Å². The van der Waals surface area contributed by atoms with Crippen LogP contribution in [0.3, 0.4) is 0 Å². The van der Waals surface area contributed by atoms with Gasteiger partial charge >= 0.3 is 0 Å². The van der Waals surface area contributed by atoms with Gasteiger partial charge in [-0.25, -0.2) is 0 Å². The lowest BCUT2D eigenvalue weighted by Gasteiger charge is -2.07. The van der Waals surface area contributed by atoms with Crippen LogP contribution in [0.15, 0.2) is 13.6 Å². The molecule has 0 saturated heterocycles. The SMILES string of the molecule is CC(C)NCCCCCc1cc(Br)sc1Br. The summed E-state index contributed by atoms with van der Waals surface area (Å²) < 4.78 is 2.50. The van der Waals surface area contributed by atoms with Crippen molar-refractivity contribution in [2.75, 3.05) is 6.54 Å². The molecule has 0 fully saturated rings. The molecule has 4 heteroatoms. The zero-order valence-corrected chi connectivity index (χ0v) is 13.8. The van der Waals surface area contributed by atoms with Crippen molar-refractivity contribution < 1.29 is 0 Å². The molecule has 1 nitrogen and oxygen atoms in total. The lowest BCUT2D eigenvalue weighted by atomic mass is 10.1. The molecule has 0 unspecified atom stereocenters. The van der Waals surface area contributed by atoms with Gasteiger partial charge in [0, 0.05) is 6.04 Å². The molecule has 16 heavy (non-hydrogen) atoms. The number of unbranched alkanes of at least 4 members (excludes halogenated alkanes) is 2. The fourth-order valence-corrected chi connectivity index (χ4v) is 4.47. The summed E-state index contributed by atoms with van der Waals surface area (Å²) in [6.45, 7) is 5.53. The largest absolute Gasteiger partial charge is 0.315 e. The third-order valence-corrected chi connectivity index (χ3v) is 4.87. The van der Waals surface area contributed by atoms with Crippen molar-refractivity contribution in [1.29, 1.82) is 0 Å². The first kappa shape index (κ1) is 14.7. The number of rotatable bonds is 7. The van der Waals surface area contributed by atoms with Gasteiger partial charge in [-0.15, -0.1) is 11.3 Å². The van der Waals surface area contributed by atoms with Crippen LogP contribution in [0.5, 0.6) is 0 Å². The van der Waals surface area contributed by atoms with Crippen LogP contribution >= 0.6 is 43.2 Å². The molecule has 0 spiro atoms. The van der Waals surface area contributed by atoms with E-state index >= 15 is 0 Å². The molecule has 0 bridgehead atoms. The van der Waals surface area contributed by atoms with E-state index in [2.05, 4.69) is 57.1 Å². The lowest BCUT2D eigenvalue weighted by molar-refractivity contribution is 0.548. The van der Waals surface area contributed by atoms with Gasteiger partial charge < -0.3 is 5.32 Å². The Morgan fingerprint density at radius 2 is 2.00 bits per heavy atom. The van der Waals surface area contributed by atoms with Crippen LogP contribution in [0.4, 0.5) is 0 Å². The number of thiophene rings is 1. The summed E-state index contributed by atoms with van der Waals surface area (Å²) in [6.07, 6.45) is 5.05. The maximum Gasteiger partial charge on any atom is 0.0742 e. The molecule has 0 aliphatic carbocycles. The lowest BCUT2D eigenvalue weighted by Crippen LogP contribution is -2.23. The van der Waals surface area contributed by atoms with E-state index in [0.717, 1.165) is 6.54 Å². The molecule has 0 radical (unpaired) electrons. The Hall–Kier alpha value is 0.620. The first-order valence-corrected chi connectivity index (χ1v) is 8.17. The van der Waals surface area contributed by atoms with Crippen LogP contribution in [-0.2, 0) is 6.42 Å². The predicted molar refractivity (Wildman–Crippen MR) is 80.4 cm³/mol. The van der Waals surface area contributed by atoms with Crippen LogP contribution in [0.1, 0.15) is 38.7 Å². The smallest absolute Gasteiger partial charge is 0.0742 e. The molecule has 92 valence electrons. The monoisotopic (exact) mass is 367 g/mol. The zero-order chi connectivity index (χ0) is 12.0. The standard InChI is InChI=1S/C12H19Br2NS/c1-9(2)15-7-5-3-4-6-10-8-11(13)16-12(10)14/h8-9,15H,3-7H2,1-2H3. The van der Waals surface area contributed by atoms with Crippen LogP contribution in [0.25, 0.3) is 0 Å². The van der Waals surface area contributed by atoms with Crippen molar-refractivity contribution in [3.8, 4) is 0 Å². The van der Waals surface area contributed by atoms with E-state index in [9.17, 15) is 0 Å². The van der Waals surface area contributed by atoms with Gasteiger partial charge in [-0.05, 0) is 69.3 Å². The van der Waals surface area contributed by atoms with Gasteiger partial charge in [0.2, 0.25) is 0 Å². The molecule has 1 heterocycles. The number of halogens is 2. The zero-order valence-electron chi connectivity index (χ0n) is 9.85. The van der Waals surface area contributed by atoms with Gasteiger partial charge in [-0.2, -0.15) is 0 Å². The minimum Gasteiger partial charge on any atom is -0.315 e. The highest BCUT2D eigenvalue weighted by atomic mass is 79.9. The first-order valence-electron chi connectivity index (χ1n) is 5.76. The van der Waals surface area contributed by atoms with E-state index in [0.29, 0.717) is 6.04 Å². The van der Waals surface area contributed by atoms with Crippen molar-refractivity contribution in [2.45, 2.75) is 45.6 Å². The summed E-state index contributed by atoms with van der Waals surface area (Å²) in [5.74, 6) is 0. The summed E-state index contributed by atoms with van der Waals surface area (Å²) in [6, 6.07) is 2.84. The normalized spacial score (nSPS) is 11.3. The van der Waals surface area contributed by atoms with Gasteiger partial charge in [-0.3, -0.25) is 0 Å². The number of hydrogen-bond donors (Lipinski definition) is 1. The molecule has 1 aromatic rings. The fourth-order valence-electron chi connectivity index (χ4n) is 1.55. The van der Waals surface area contributed by atoms with Gasteiger partial charge in [0.25, 0.3) is 0 Å². The molecular formula is C12H19Br2NS. The van der Waals surface area contributed by atoms with Crippen LogP contribution in [0, 0.1) is 0 Å². The quantitative estimate of drug-likeness (QED) is 0.669. The van der Waals surface area contributed by atoms with Gasteiger partial charge in [0.1, 0.15) is 0 Å². The van der Waals surface area contributed by atoms with E-state index in [1.807, 2.05) is 0 Å². The Labute approximate surface area is 119 Å². The maximum atomic E-state index is 3.60. The van der Waals surface area contributed by atoms with E-state index in [1.54, 1.807) is 11.3 Å². The summed E-state index contributed by atoms with van der Waals surface area (Å²) in [7, 11) is 0. The summed E-state index contributed by atoms with van der Waals surface area (Å²) in [5.41, 5.74) is 1.44. The fraction of sp³-hybridized carbons (Fsp3) is 0.667. The molecule has 0 amide bonds. The van der Waals surface area contributed by atoms with Crippen molar-refractivity contribution >= 4 is 43.2 Å². The summed E-state index contributed by atoms with van der Waals surface area (Å²) in [5, 5.41) is 3.44. The topological polar surface area (TPSA) is 12.0 Å². The number of nitrogens with one attached hydrogen (secondary N) is 1. The molecule has 1 rings (SSSR count). The average molecular weight is 369 g/mol. The highest BCUT2D eigenvalue weighted by Gasteiger charge is 2.04. The van der Waals surface area contributed by atoms with E-state index in [1.165, 1.54) is 38.8 Å². The molecule has 0 saturated carbocycles. The third kappa shape index (κ3) is 5.80. The Morgan fingerprint density at radius 3 is 2.56 bits per heavy atom. The van der Waals surface area contributed by atoms with Gasteiger partial charge in [0.15, 0.2) is 0 Å². The molecule has 1 N–H and O–H groups in total. The average Bonchev–Trinajstić information content (AvgIpc) is 2.50. The van der Waals surface area contributed by atoms with Gasteiger partial charge in [-0.1, -0.05) is 20.3 Å². The first-order chi connectivity index (χ1) is 7.59. The van der Waals surface area contributed by atoms with E-state index in [4.69, 9.17) is 0 Å². The highest BCUT2D eigenvalue weighted by Crippen LogP contribution is 2.32. The molecular weight excluding hydrogens is 350 g/mol. The number of aryl methyl sites for hydroxylation is 1. The van der Waals surface area contributed by atoms with Crippen molar-refractivity contribution in [3.05, 3.63) is 19.2 Å². The van der Waals surface area contributed by atoms with E-state index in [-0.39, 0.29) is 0 Å². The summed E-state index contributed by atoms with van der Waals surface area (Å²) >= 11 is 8.87. The minimum atomic E-state index is 0.613. The molecule has 1 aromatic heterocycles. The highest BCUT2D eigenvalue weighted by molar-refractivity contribution is 9.12. The predicted octanol–water partition coefficient (Wildman–Crippen LogP) is 4.98.